The van der Waals surface area contributed by atoms with Crippen LogP contribution in [0.5, 0.6) is 0 Å². The van der Waals surface area contributed by atoms with Crippen molar-refractivity contribution in [2.24, 2.45) is 0 Å². The fourth-order valence-electron chi connectivity index (χ4n) is 5.65. The summed E-state index contributed by atoms with van der Waals surface area (Å²) >= 11 is 8.62. The molecule has 0 unspecified atom stereocenters. The van der Waals surface area contributed by atoms with Crippen LogP contribution in [-0.2, 0) is 0 Å². The molecule has 8 rings (SSSR count). The van der Waals surface area contributed by atoms with E-state index >= 15 is 0 Å². The summed E-state index contributed by atoms with van der Waals surface area (Å²) in [5.41, 5.74) is 7.01. The molecule has 2 nitrogen and oxygen atoms in total. The quantitative estimate of drug-likeness (QED) is 0.216. The van der Waals surface area contributed by atoms with Gasteiger partial charge in [0.05, 0.1) is 5.69 Å². The van der Waals surface area contributed by atoms with E-state index in [1.807, 2.05) is 47.7 Å². The minimum Gasteiger partial charge on any atom is -0.454 e. The average molecular weight is 552 g/mol. The van der Waals surface area contributed by atoms with Crippen LogP contribution < -0.4 is 4.90 Å². The second-order valence-electron chi connectivity index (χ2n) is 9.93. The second kappa shape index (κ2) is 9.27. The molecule has 0 fully saturated rings. The van der Waals surface area contributed by atoms with E-state index in [0.717, 1.165) is 39.0 Å². The highest BCUT2D eigenvalue weighted by molar-refractivity contribution is 7.25. The molecule has 8 aromatic rings. The lowest BCUT2D eigenvalue weighted by Crippen LogP contribution is -2.10. The standard InChI is InChI=1S/C36H22ClNOS/c37-25-20-31-28-10-4-6-12-33(28)39-36(31)32(21-25)38(26-16-14-24(15-17-26)23-8-2-1-3-9-23)27-18-19-35-30(22-27)29-11-5-7-13-34(29)40-35/h1-22H. The molecular weight excluding hydrogens is 530 g/mol. The Morgan fingerprint density at radius 3 is 2.05 bits per heavy atom. The highest BCUT2D eigenvalue weighted by atomic mass is 35.5. The van der Waals surface area contributed by atoms with Gasteiger partial charge in [0.25, 0.3) is 0 Å². The van der Waals surface area contributed by atoms with Crippen LogP contribution in [0.15, 0.2) is 138 Å². The van der Waals surface area contributed by atoms with Gasteiger partial charge in [-0.25, -0.2) is 0 Å². The molecule has 0 aliphatic rings. The number of rotatable bonds is 4. The predicted octanol–water partition coefficient (Wildman–Crippen LogP) is 11.7. The average Bonchev–Trinajstić information content (AvgIpc) is 3.56. The van der Waals surface area contributed by atoms with E-state index in [4.69, 9.17) is 16.0 Å². The van der Waals surface area contributed by atoms with Gasteiger partial charge in [-0.3, -0.25) is 0 Å². The Morgan fingerprint density at radius 2 is 1.20 bits per heavy atom. The molecular formula is C36H22ClNOS. The van der Waals surface area contributed by atoms with Gasteiger partial charge in [-0.1, -0.05) is 90.5 Å². The number of para-hydroxylation sites is 1. The van der Waals surface area contributed by atoms with E-state index in [1.54, 1.807) is 0 Å². The lowest BCUT2D eigenvalue weighted by molar-refractivity contribution is 0.669. The van der Waals surface area contributed by atoms with Crippen LogP contribution in [0.3, 0.4) is 0 Å². The topological polar surface area (TPSA) is 16.4 Å². The van der Waals surface area contributed by atoms with E-state index in [9.17, 15) is 0 Å². The van der Waals surface area contributed by atoms with Crippen LogP contribution in [0, 0.1) is 0 Å². The van der Waals surface area contributed by atoms with Crippen molar-refractivity contribution in [3.05, 3.63) is 138 Å². The molecule has 0 N–H and O–H groups in total. The van der Waals surface area contributed by atoms with E-state index in [1.165, 1.54) is 31.3 Å². The van der Waals surface area contributed by atoms with E-state index in [0.29, 0.717) is 5.02 Å². The highest BCUT2D eigenvalue weighted by Gasteiger charge is 2.21. The van der Waals surface area contributed by atoms with Crippen molar-refractivity contribution in [3.8, 4) is 11.1 Å². The smallest absolute Gasteiger partial charge is 0.159 e. The summed E-state index contributed by atoms with van der Waals surface area (Å²) in [6.07, 6.45) is 0. The minimum atomic E-state index is 0.669. The Bertz CT molecular complexity index is 2180. The van der Waals surface area contributed by atoms with Gasteiger partial charge in [0.2, 0.25) is 0 Å². The maximum Gasteiger partial charge on any atom is 0.159 e. The maximum absolute atomic E-state index is 6.79. The Kier molecular flexibility index (Phi) is 5.41. The number of halogens is 1. The molecule has 0 saturated carbocycles. The summed E-state index contributed by atoms with van der Waals surface area (Å²) in [6, 6.07) is 46.6. The number of furan rings is 1. The lowest BCUT2D eigenvalue weighted by Gasteiger charge is -2.26. The third kappa shape index (κ3) is 3.78. The molecule has 40 heavy (non-hydrogen) atoms. The Morgan fingerprint density at radius 1 is 0.525 bits per heavy atom. The number of thiophene rings is 1. The van der Waals surface area contributed by atoms with Gasteiger partial charge < -0.3 is 9.32 Å². The van der Waals surface area contributed by atoms with Gasteiger partial charge in [-0.05, 0) is 65.7 Å². The van der Waals surface area contributed by atoms with Crippen LogP contribution in [0.2, 0.25) is 5.02 Å². The lowest BCUT2D eigenvalue weighted by atomic mass is 10.0. The normalized spacial score (nSPS) is 11.6. The number of anilines is 3. The van der Waals surface area contributed by atoms with Gasteiger partial charge in [0.15, 0.2) is 5.58 Å². The summed E-state index contributed by atoms with van der Waals surface area (Å²) in [4.78, 5) is 2.26. The molecule has 0 saturated heterocycles. The van der Waals surface area contributed by atoms with E-state index < -0.39 is 0 Å². The van der Waals surface area contributed by atoms with Crippen LogP contribution >= 0.6 is 22.9 Å². The van der Waals surface area contributed by atoms with Crippen LogP contribution in [-0.4, -0.2) is 0 Å². The van der Waals surface area contributed by atoms with Crippen molar-refractivity contribution in [2.45, 2.75) is 0 Å². The van der Waals surface area contributed by atoms with Crippen molar-refractivity contribution in [2.75, 3.05) is 4.90 Å². The molecule has 2 heterocycles. The first-order valence-corrected chi connectivity index (χ1v) is 14.4. The summed E-state index contributed by atoms with van der Waals surface area (Å²) < 4.78 is 9.06. The van der Waals surface area contributed by atoms with Gasteiger partial charge in [0.1, 0.15) is 5.58 Å². The number of benzene rings is 6. The summed E-state index contributed by atoms with van der Waals surface area (Å²) in [6.45, 7) is 0. The maximum atomic E-state index is 6.79. The Labute approximate surface area is 240 Å². The Hall–Kier alpha value is -4.57. The van der Waals surface area contributed by atoms with Crippen molar-refractivity contribution in [3.63, 3.8) is 0 Å². The monoisotopic (exact) mass is 551 g/mol. The minimum absolute atomic E-state index is 0.669. The molecule has 4 heteroatoms. The molecule has 0 radical (unpaired) electrons. The van der Waals surface area contributed by atoms with Crippen molar-refractivity contribution < 1.29 is 4.42 Å². The molecule has 0 aliphatic heterocycles. The first-order valence-electron chi connectivity index (χ1n) is 13.2. The fourth-order valence-corrected chi connectivity index (χ4v) is 6.95. The van der Waals surface area contributed by atoms with Crippen molar-refractivity contribution >= 4 is 82.1 Å². The van der Waals surface area contributed by atoms with Gasteiger partial charge in [-0.2, -0.15) is 0 Å². The van der Waals surface area contributed by atoms with Crippen LogP contribution in [0.4, 0.5) is 17.1 Å². The molecule has 0 bridgehead atoms. The highest BCUT2D eigenvalue weighted by Crippen LogP contribution is 2.45. The van der Waals surface area contributed by atoms with Gasteiger partial charge in [-0.15, -0.1) is 11.3 Å². The first kappa shape index (κ1) is 23.3. The second-order valence-corrected chi connectivity index (χ2v) is 11.4. The van der Waals surface area contributed by atoms with Crippen molar-refractivity contribution in [1.29, 1.82) is 0 Å². The first-order chi connectivity index (χ1) is 19.7. The van der Waals surface area contributed by atoms with Crippen LogP contribution in [0.25, 0.3) is 53.2 Å². The van der Waals surface area contributed by atoms with E-state index in [2.05, 4.69) is 102 Å². The van der Waals surface area contributed by atoms with Crippen LogP contribution in [0.1, 0.15) is 0 Å². The van der Waals surface area contributed by atoms with Gasteiger partial charge in [0, 0.05) is 47.3 Å². The molecule has 6 aromatic carbocycles. The molecule has 190 valence electrons. The summed E-state index contributed by atoms with van der Waals surface area (Å²) in [5.74, 6) is 0. The zero-order valence-corrected chi connectivity index (χ0v) is 22.9. The largest absolute Gasteiger partial charge is 0.454 e. The molecule has 2 aromatic heterocycles. The van der Waals surface area contributed by atoms with Crippen molar-refractivity contribution in [1.82, 2.24) is 0 Å². The molecule has 0 spiro atoms. The third-order valence-corrected chi connectivity index (χ3v) is 8.89. The predicted molar refractivity (Wildman–Crippen MR) is 172 cm³/mol. The zero-order chi connectivity index (χ0) is 26.6. The number of fused-ring (bicyclic) bond motifs is 6. The molecule has 0 amide bonds. The fraction of sp³-hybridized carbons (Fsp3) is 0. The SMILES string of the molecule is Clc1cc(N(c2ccc(-c3ccccc3)cc2)c2ccc3sc4ccccc4c3c2)c2oc3ccccc3c2c1. The van der Waals surface area contributed by atoms with Gasteiger partial charge >= 0.3 is 0 Å². The van der Waals surface area contributed by atoms with E-state index in [-0.39, 0.29) is 0 Å². The summed E-state index contributed by atoms with van der Waals surface area (Å²) in [7, 11) is 0. The summed E-state index contributed by atoms with van der Waals surface area (Å²) in [5, 5.41) is 5.24. The number of hydrogen-bond acceptors (Lipinski definition) is 3. The number of hydrogen-bond donors (Lipinski definition) is 0. The molecule has 0 atom stereocenters. The zero-order valence-electron chi connectivity index (χ0n) is 21.3. The molecule has 0 aliphatic carbocycles. The Balaban J connectivity index is 1.39. The number of nitrogens with zero attached hydrogens (tertiary/aromatic N) is 1. The third-order valence-electron chi connectivity index (χ3n) is 7.52.